The number of nitrogens with zero attached hydrogens (tertiary/aromatic N) is 3. The molecule has 0 aliphatic rings. The number of alkyl halides is 2. The van der Waals surface area contributed by atoms with Crippen LogP contribution < -0.4 is 11.1 Å². The summed E-state index contributed by atoms with van der Waals surface area (Å²) in [5.74, 6) is -3.36. The number of aromatic nitrogens is 3. The summed E-state index contributed by atoms with van der Waals surface area (Å²) in [6, 6.07) is 4.91. The van der Waals surface area contributed by atoms with Crippen molar-refractivity contribution >= 4 is 16.9 Å². The summed E-state index contributed by atoms with van der Waals surface area (Å²) in [6.07, 6.45) is 2.99. The molecule has 9 heteroatoms. The molecule has 26 heavy (non-hydrogen) atoms. The van der Waals surface area contributed by atoms with Crippen molar-refractivity contribution in [3.63, 3.8) is 0 Å². The van der Waals surface area contributed by atoms with Gasteiger partial charge in [0, 0.05) is 6.04 Å². The number of pyridine rings is 1. The van der Waals surface area contributed by atoms with E-state index in [4.69, 9.17) is 10.2 Å². The SMILES string of the molecule is CC(C)n1ncc2c(C(=O)NCC(F)(F)CN)cc(-c3ccco3)nc21. The summed E-state index contributed by atoms with van der Waals surface area (Å²) in [7, 11) is 0. The van der Waals surface area contributed by atoms with E-state index >= 15 is 0 Å². The van der Waals surface area contributed by atoms with Gasteiger partial charge in [0.1, 0.15) is 5.69 Å². The Balaban J connectivity index is 2.07. The topological polar surface area (TPSA) is 99.0 Å². The third kappa shape index (κ3) is 3.43. The molecule has 3 aromatic rings. The number of carbonyl (C=O) groups is 1. The van der Waals surface area contributed by atoms with Gasteiger partial charge in [0.25, 0.3) is 11.8 Å². The Labute approximate surface area is 148 Å². The number of furan rings is 1. The van der Waals surface area contributed by atoms with Crippen molar-refractivity contribution in [1.29, 1.82) is 0 Å². The van der Waals surface area contributed by atoms with Crippen molar-refractivity contribution in [1.82, 2.24) is 20.1 Å². The van der Waals surface area contributed by atoms with Crippen LogP contribution in [0.3, 0.4) is 0 Å². The lowest BCUT2D eigenvalue weighted by molar-refractivity contribution is 0.0119. The van der Waals surface area contributed by atoms with Crippen LogP contribution in [0.4, 0.5) is 8.78 Å². The second kappa shape index (κ2) is 6.83. The normalized spacial score (nSPS) is 12.1. The lowest BCUT2D eigenvalue weighted by atomic mass is 10.1. The molecule has 0 aromatic carbocycles. The van der Waals surface area contributed by atoms with Gasteiger partial charge in [0.05, 0.1) is 36.5 Å². The van der Waals surface area contributed by atoms with Gasteiger partial charge in [0.15, 0.2) is 11.4 Å². The fourth-order valence-electron chi connectivity index (χ4n) is 2.51. The first kappa shape index (κ1) is 18.0. The first-order chi connectivity index (χ1) is 12.3. The van der Waals surface area contributed by atoms with Gasteiger partial charge < -0.3 is 15.5 Å². The number of fused-ring (bicyclic) bond motifs is 1. The lowest BCUT2D eigenvalue weighted by Crippen LogP contribution is -2.41. The number of carbonyl (C=O) groups excluding carboxylic acids is 1. The van der Waals surface area contributed by atoms with Crippen molar-refractivity contribution in [2.24, 2.45) is 5.73 Å². The van der Waals surface area contributed by atoms with E-state index in [-0.39, 0.29) is 11.6 Å². The van der Waals surface area contributed by atoms with E-state index in [0.29, 0.717) is 22.5 Å². The lowest BCUT2D eigenvalue weighted by Gasteiger charge is -2.15. The molecule has 0 saturated carbocycles. The monoisotopic (exact) mass is 363 g/mol. The second-order valence-electron chi connectivity index (χ2n) is 6.20. The molecule has 0 aliphatic heterocycles. The Morgan fingerprint density at radius 1 is 1.46 bits per heavy atom. The molecule has 3 rings (SSSR count). The molecule has 1 amide bonds. The number of nitrogens with one attached hydrogen (secondary N) is 1. The number of halogens is 2. The van der Waals surface area contributed by atoms with Crippen LogP contribution in [0.5, 0.6) is 0 Å². The van der Waals surface area contributed by atoms with Crippen molar-refractivity contribution in [2.75, 3.05) is 13.1 Å². The second-order valence-corrected chi connectivity index (χ2v) is 6.20. The minimum atomic E-state index is -3.17. The van der Waals surface area contributed by atoms with Gasteiger partial charge in [-0.1, -0.05) is 0 Å². The molecule has 3 N–H and O–H groups in total. The zero-order chi connectivity index (χ0) is 18.9. The zero-order valence-electron chi connectivity index (χ0n) is 14.4. The third-order valence-electron chi connectivity index (χ3n) is 3.88. The molecule has 138 valence electrons. The summed E-state index contributed by atoms with van der Waals surface area (Å²) in [5.41, 5.74) is 6.10. The maximum atomic E-state index is 13.4. The van der Waals surface area contributed by atoms with Crippen LogP contribution in [0.2, 0.25) is 0 Å². The number of rotatable bonds is 6. The highest BCUT2D eigenvalue weighted by Gasteiger charge is 2.28. The van der Waals surface area contributed by atoms with Gasteiger partial charge in [-0.2, -0.15) is 5.10 Å². The van der Waals surface area contributed by atoms with Crippen LogP contribution in [0.1, 0.15) is 30.2 Å². The van der Waals surface area contributed by atoms with Crippen LogP contribution in [-0.2, 0) is 0 Å². The molecule has 0 fully saturated rings. The Morgan fingerprint density at radius 2 is 2.23 bits per heavy atom. The van der Waals surface area contributed by atoms with E-state index in [9.17, 15) is 13.6 Å². The standard InChI is InChI=1S/C17H19F2N5O2/c1-10(2)24-15-12(7-22-24)11(16(25)21-9-17(18,19)8-20)6-13(23-15)14-4-3-5-26-14/h3-7,10H,8-9,20H2,1-2H3,(H,21,25). The van der Waals surface area contributed by atoms with Crippen LogP contribution >= 0.6 is 0 Å². The summed E-state index contributed by atoms with van der Waals surface area (Å²) in [4.78, 5) is 17.1. The minimum Gasteiger partial charge on any atom is -0.463 e. The molecule has 3 aromatic heterocycles. The fraction of sp³-hybridized carbons (Fsp3) is 0.353. The summed E-state index contributed by atoms with van der Waals surface area (Å²) >= 11 is 0. The first-order valence-corrected chi connectivity index (χ1v) is 8.10. The van der Waals surface area contributed by atoms with Crippen LogP contribution in [0.25, 0.3) is 22.5 Å². The van der Waals surface area contributed by atoms with E-state index in [1.54, 1.807) is 16.8 Å². The highest BCUT2D eigenvalue weighted by atomic mass is 19.3. The highest BCUT2D eigenvalue weighted by Crippen LogP contribution is 2.26. The number of nitrogens with two attached hydrogens (primary N) is 1. The predicted octanol–water partition coefficient (Wildman–Crippen LogP) is 2.60. The Kier molecular flexibility index (Phi) is 4.73. The summed E-state index contributed by atoms with van der Waals surface area (Å²) < 4.78 is 33.8. The molecular weight excluding hydrogens is 344 g/mol. The molecule has 0 spiro atoms. The van der Waals surface area contributed by atoms with Crippen molar-refractivity contribution in [3.05, 3.63) is 36.2 Å². The van der Waals surface area contributed by atoms with Gasteiger partial charge in [-0.05, 0) is 32.0 Å². The molecular formula is C17H19F2N5O2. The van der Waals surface area contributed by atoms with E-state index in [0.717, 1.165) is 0 Å². The molecule has 7 nitrogen and oxygen atoms in total. The average Bonchev–Trinajstić information content (AvgIpc) is 3.28. The van der Waals surface area contributed by atoms with E-state index in [1.807, 2.05) is 13.8 Å². The average molecular weight is 363 g/mol. The molecule has 0 radical (unpaired) electrons. The molecule has 0 unspecified atom stereocenters. The Morgan fingerprint density at radius 3 is 2.85 bits per heavy atom. The smallest absolute Gasteiger partial charge is 0.277 e. The Hall–Kier alpha value is -2.81. The minimum absolute atomic E-state index is 0.00401. The summed E-state index contributed by atoms with van der Waals surface area (Å²) in [6.45, 7) is 2.16. The molecule has 0 aliphatic carbocycles. The largest absolute Gasteiger partial charge is 0.463 e. The quantitative estimate of drug-likeness (QED) is 0.701. The van der Waals surface area contributed by atoms with Crippen LogP contribution in [0.15, 0.2) is 35.1 Å². The van der Waals surface area contributed by atoms with Crippen LogP contribution in [0, 0.1) is 0 Å². The Bertz CT molecular complexity index is 919. The van der Waals surface area contributed by atoms with E-state index in [2.05, 4.69) is 15.4 Å². The van der Waals surface area contributed by atoms with Crippen LogP contribution in [-0.4, -0.2) is 39.7 Å². The van der Waals surface area contributed by atoms with Crippen molar-refractivity contribution in [3.8, 4) is 11.5 Å². The van der Waals surface area contributed by atoms with E-state index < -0.39 is 24.9 Å². The zero-order valence-corrected chi connectivity index (χ0v) is 14.4. The fourth-order valence-corrected chi connectivity index (χ4v) is 2.51. The highest BCUT2D eigenvalue weighted by molar-refractivity contribution is 6.06. The van der Waals surface area contributed by atoms with Gasteiger partial charge in [-0.15, -0.1) is 0 Å². The molecule has 0 atom stereocenters. The predicted molar refractivity (Wildman–Crippen MR) is 91.9 cm³/mol. The maximum Gasteiger partial charge on any atom is 0.277 e. The number of hydrogen-bond acceptors (Lipinski definition) is 5. The number of hydrogen-bond donors (Lipinski definition) is 2. The number of amides is 1. The van der Waals surface area contributed by atoms with Gasteiger partial charge in [-0.3, -0.25) is 4.79 Å². The van der Waals surface area contributed by atoms with Gasteiger partial charge in [0.2, 0.25) is 0 Å². The molecule has 0 saturated heterocycles. The maximum absolute atomic E-state index is 13.4. The van der Waals surface area contributed by atoms with Gasteiger partial charge >= 0.3 is 0 Å². The summed E-state index contributed by atoms with van der Waals surface area (Å²) in [5, 5.41) is 6.96. The third-order valence-corrected chi connectivity index (χ3v) is 3.88. The molecule has 0 bridgehead atoms. The first-order valence-electron chi connectivity index (χ1n) is 8.10. The van der Waals surface area contributed by atoms with Gasteiger partial charge in [-0.25, -0.2) is 18.4 Å². The van der Waals surface area contributed by atoms with Crippen molar-refractivity contribution < 1.29 is 18.0 Å². The van der Waals surface area contributed by atoms with E-state index in [1.165, 1.54) is 18.5 Å². The van der Waals surface area contributed by atoms with Crippen molar-refractivity contribution in [2.45, 2.75) is 25.8 Å². The molecule has 3 heterocycles.